The van der Waals surface area contributed by atoms with Gasteiger partial charge in [0.1, 0.15) is 5.69 Å². The lowest BCUT2D eigenvalue weighted by Crippen LogP contribution is -2.08. The van der Waals surface area contributed by atoms with Gasteiger partial charge in [0, 0.05) is 18.0 Å². The molecule has 2 rings (SSSR count). The summed E-state index contributed by atoms with van der Waals surface area (Å²) < 4.78 is 9.07. The van der Waals surface area contributed by atoms with Crippen molar-refractivity contribution in [2.45, 2.75) is 13.3 Å². The number of rotatable bonds is 6. The monoisotopic (exact) mass is 289 g/mol. The van der Waals surface area contributed by atoms with Gasteiger partial charge < -0.3 is 4.74 Å². The van der Waals surface area contributed by atoms with E-state index in [0.717, 1.165) is 23.5 Å². The predicted molar refractivity (Wildman–Crippen MR) is 77.4 cm³/mol. The SMILES string of the molecule is C=C[C@@H](C)CCOC(=O)c1snnc1-c1cccnc1. The molecule has 20 heavy (non-hydrogen) atoms. The zero-order valence-electron chi connectivity index (χ0n) is 11.2. The Morgan fingerprint density at radius 3 is 3.15 bits per heavy atom. The van der Waals surface area contributed by atoms with Crippen molar-refractivity contribution in [3.8, 4) is 11.3 Å². The fourth-order valence-corrected chi connectivity index (χ4v) is 2.12. The molecular formula is C14H15N3O2S. The Morgan fingerprint density at radius 2 is 2.45 bits per heavy atom. The van der Waals surface area contributed by atoms with Crippen molar-refractivity contribution in [1.29, 1.82) is 0 Å². The highest BCUT2D eigenvalue weighted by Gasteiger charge is 2.19. The van der Waals surface area contributed by atoms with E-state index in [0.29, 0.717) is 23.1 Å². The number of pyridine rings is 1. The Balaban J connectivity index is 2.05. The van der Waals surface area contributed by atoms with E-state index in [9.17, 15) is 4.79 Å². The van der Waals surface area contributed by atoms with Gasteiger partial charge in [-0.2, -0.15) is 0 Å². The number of ether oxygens (including phenoxy) is 1. The molecule has 0 N–H and O–H groups in total. The van der Waals surface area contributed by atoms with Crippen LogP contribution in [-0.2, 0) is 4.74 Å². The first-order valence-corrected chi connectivity index (χ1v) is 7.02. The van der Waals surface area contributed by atoms with Crippen LogP contribution in [0.2, 0.25) is 0 Å². The van der Waals surface area contributed by atoms with Crippen molar-refractivity contribution < 1.29 is 9.53 Å². The Kier molecular flexibility index (Phi) is 4.95. The van der Waals surface area contributed by atoms with E-state index in [1.165, 1.54) is 0 Å². The molecule has 0 saturated heterocycles. The van der Waals surface area contributed by atoms with E-state index in [1.807, 2.05) is 19.1 Å². The van der Waals surface area contributed by atoms with E-state index in [4.69, 9.17) is 4.74 Å². The number of hydrogen-bond acceptors (Lipinski definition) is 6. The minimum atomic E-state index is -0.393. The summed E-state index contributed by atoms with van der Waals surface area (Å²) in [5.74, 6) is -0.0738. The highest BCUT2D eigenvalue weighted by molar-refractivity contribution is 7.08. The average Bonchev–Trinajstić information content (AvgIpc) is 2.97. The van der Waals surface area contributed by atoms with Crippen molar-refractivity contribution in [2.24, 2.45) is 5.92 Å². The van der Waals surface area contributed by atoms with Gasteiger partial charge in [-0.05, 0) is 36.0 Å². The molecule has 6 heteroatoms. The first-order valence-electron chi connectivity index (χ1n) is 6.24. The van der Waals surface area contributed by atoms with Gasteiger partial charge in [0.2, 0.25) is 0 Å². The van der Waals surface area contributed by atoms with Crippen molar-refractivity contribution >= 4 is 17.5 Å². The van der Waals surface area contributed by atoms with Gasteiger partial charge in [-0.25, -0.2) is 4.79 Å². The van der Waals surface area contributed by atoms with E-state index in [2.05, 4.69) is 21.1 Å². The maximum absolute atomic E-state index is 12.0. The molecule has 2 aromatic rings. The molecule has 2 aromatic heterocycles. The van der Waals surface area contributed by atoms with Gasteiger partial charge in [0.15, 0.2) is 4.88 Å². The second-order valence-corrected chi connectivity index (χ2v) is 5.08. The van der Waals surface area contributed by atoms with Gasteiger partial charge in [-0.1, -0.05) is 17.5 Å². The number of carbonyl (C=O) groups is 1. The van der Waals surface area contributed by atoms with Gasteiger partial charge in [-0.15, -0.1) is 11.7 Å². The third-order valence-electron chi connectivity index (χ3n) is 2.82. The molecule has 0 amide bonds. The second-order valence-electron chi connectivity index (χ2n) is 4.33. The molecule has 0 fully saturated rings. The quantitative estimate of drug-likeness (QED) is 0.604. The summed E-state index contributed by atoms with van der Waals surface area (Å²) >= 11 is 1.03. The van der Waals surface area contributed by atoms with Crippen LogP contribution in [0.3, 0.4) is 0 Å². The van der Waals surface area contributed by atoms with Crippen molar-refractivity contribution in [3.05, 3.63) is 42.1 Å². The first-order chi connectivity index (χ1) is 9.72. The van der Waals surface area contributed by atoms with Crippen LogP contribution in [0.4, 0.5) is 0 Å². The van der Waals surface area contributed by atoms with E-state index >= 15 is 0 Å². The molecule has 0 aliphatic heterocycles. The topological polar surface area (TPSA) is 65.0 Å². The number of esters is 1. The molecule has 0 aromatic carbocycles. The van der Waals surface area contributed by atoms with Crippen LogP contribution >= 0.6 is 11.5 Å². The zero-order valence-corrected chi connectivity index (χ0v) is 12.0. The van der Waals surface area contributed by atoms with Gasteiger partial charge in [0.25, 0.3) is 0 Å². The molecule has 0 spiro atoms. The van der Waals surface area contributed by atoms with E-state index in [-0.39, 0.29) is 0 Å². The van der Waals surface area contributed by atoms with E-state index in [1.54, 1.807) is 18.5 Å². The summed E-state index contributed by atoms with van der Waals surface area (Å²) in [7, 11) is 0. The van der Waals surface area contributed by atoms with Gasteiger partial charge in [0.05, 0.1) is 6.61 Å². The van der Waals surface area contributed by atoms with Crippen LogP contribution in [0.25, 0.3) is 11.3 Å². The predicted octanol–water partition coefficient (Wildman–Crippen LogP) is 2.97. The summed E-state index contributed by atoms with van der Waals surface area (Å²) in [6, 6.07) is 3.62. The number of carbonyl (C=O) groups excluding carboxylic acids is 1. The van der Waals surface area contributed by atoms with Crippen LogP contribution in [-0.4, -0.2) is 27.1 Å². The van der Waals surface area contributed by atoms with Gasteiger partial charge in [-0.3, -0.25) is 4.98 Å². The Bertz CT molecular complexity index is 583. The minimum Gasteiger partial charge on any atom is -0.461 e. The molecule has 0 saturated carbocycles. The molecule has 0 aliphatic carbocycles. The summed E-state index contributed by atoms with van der Waals surface area (Å²) in [4.78, 5) is 16.4. The maximum Gasteiger partial charge on any atom is 0.352 e. The molecule has 1 atom stereocenters. The maximum atomic E-state index is 12.0. The van der Waals surface area contributed by atoms with Crippen molar-refractivity contribution in [1.82, 2.24) is 14.6 Å². The van der Waals surface area contributed by atoms with E-state index < -0.39 is 5.97 Å². The Hall–Kier alpha value is -2.08. The number of allylic oxidation sites excluding steroid dienone is 1. The molecular weight excluding hydrogens is 274 g/mol. The smallest absolute Gasteiger partial charge is 0.352 e. The van der Waals surface area contributed by atoms with Crippen molar-refractivity contribution in [2.75, 3.05) is 6.61 Å². The molecule has 0 bridgehead atoms. The van der Waals surface area contributed by atoms with Crippen LogP contribution in [0.15, 0.2) is 37.2 Å². The zero-order chi connectivity index (χ0) is 14.4. The normalized spacial score (nSPS) is 11.8. The second kappa shape index (κ2) is 6.91. The number of nitrogens with zero attached hydrogens (tertiary/aromatic N) is 3. The molecule has 104 valence electrons. The highest BCUT2D eigenvalue weighted by Crippen LogP contribution is 2.23. The van der Waals surface area contributed by atoms with Crippen molar-refractivity contribution in [3.63, 3.8) is 0 Å². The fourth-order valence-electron chi connectivity index (χ4n) is 1.54. The number of aromatic nitrogens is 3. The van der Waals surface area contributed by atoms with Gasteiger partial charge >= 0.3 is 5.97 Å². The minimum absolute atomic E-state index is 0.320. The summed E-state index contributed by atoms with van der Waals surface area (Å²) in [6.45, 7) is 6.08. The fraction of sp³-hybridized carbons (Fsp3) is 0.286. The first kappa shape index (κ1) is 14.3. The van der Waals surface area contributed by atoms with Crippen LogP contribution < -0.4 is 0 Å². The summed E-state index contributed by atoms with van der Waals surface area (Å²) in [6.07, 6.45) is 5.90. The number of hydrogen-bond donors (Lipinski definition) is 0. The lowest BCUT2D eigenvalue weighted by atomic mass is 10.1. The third kappa shape index (κ3) is 3.48. The summed E-state index contributed by atoms with van der Waals surface area (Å²) in [5.41, 5.74) is 1.28. The highest BCUT2D eigenvalue weighted by atomic mass is 32.1. The van der Waals surface area contributed by atoms with Crippen LogP contribution in [0.5, 0.6) is 0 Å². The standard InChI is InChI=1S/C14H15N3O2S/c1-3-10(2)6-8-19-14(18)13-12(16-17-20-13)11-5-4-7-15-9-11/h3-5,7,9-10H,1,6,8H2,2H3/t10-/m1/s1. The Labute approximate surface area is 121 Å². The molecule has 0 aliphatic rings. The lowest BCUT2D eigenvalue weighted by Gasteiger charge is -2.06. The molecule has 0 radical (unpaired) electrons. The lowest BCUT2D eigenvalue weighted by molar-refractivity contribution is 0.0498. The molecule has 0 unspecified atom stereocenters. The van der Waals surface area contributed by atoms with Crippen LogP contribution in [0.1, 0.15) is 23.0 Å². The summed E-state index contributed by atoms with van der Waals surface area (Å²) in [5, 5.41) is 3.98. The largest absolute Gasteiger partial charge is 0.461 e. The molecule has 5 nitrogen and oxygen atoms in total. The Morgan fingerprint density at radius 1 is 1.60 bits per heavy atom. The van der Waals surface area contributed by atoms with Crippen LogP contribution in [0, 0.1) is 5.92 Å². The average molecular weight is 289 g/mol. The third-order valence-corrected chi connectivity index (χ3v) is 3.52. The molecule has 2 heterocycles.